The third-order valence-electron chi connectivity index (χ3n) is 13.0. The first kappa shape index (κ1) is 37.6. The van der Waals surface area contributed by atoms with Crippen LogP contribution in [0.4, 0.5) is 17.1 Å². The van der Waals surface area contributed by atoms with Gasteiger partial charge in [-0.05, 0) is 110 Å². The highest BCUT2D eigenvalue weighted by atomic mass is 15.1. The van der Waals surface area contributed by atoms with Gasteiger partial charge >= 0.3 is 0 Å². The summed E-state index contributed by atoms with van der Waals surface area (Å²) in [7, 11) is 0. The molecule has 2 aromatic heterocycles. The maximum absolute atomic E-state index is 5.13. The molecule has 13 aromatic rings. The van der Waals surface area contributed by atoms with Gasteiger partial charge in [-0.1, -0.05) is 170 Å². The largest absolute Gasteiger partial charge is 0.310 e. The number of anilines is 3. The number of nitrogens with zero attached hydrogens (tertiary/aromatic N) is 5. The molecular formula is C61H39N5. The average molecular weight is 842 g/mol. The van der Waals surface area contributed by atoms with E-state index in [0.29, 0.717) is 17.5 Å². The molecule has 0 radical (unpaired) electrons. The molecule has 308 valence electrons. The smallest absolute Gasteiger partial charge is 0.164 e. The maximum atomic E-state index is 5.13. The van der Waals surface area contributed by atoms with E-state index in [0.717, 1.165) is 50.4 Å². The first-order valence-corrected chi connectivity index (χ1v) is 22.4. The van der Waals surface area contributed by atoms with E-state index >= 15 is 0 Å². The van der Waals surface area contributed by atoms with E-state index < -0.39 is 0 Å². The predicted molar refractivity (Wildman–Crippen MR) is 274 cm³/mol. The van der Waals surface area contributed by atoms with Crippen LogP contribution in [-0.2, 0) is 0 Å². The van der Waals surface area contributed by atoms with Crippen LogP contribution in [0.15, 0.2) is 237 Å². The Morgan fingerprint density at radius 2 is 0.788 bits per heavy atom. The molecule has 0 aliphatic rings. The van der Waals surface area contributed by atoms with Crippen LogP contribution in [0, 0.1) is 0 Å². The fourth-order valence-corrected chi connectivity index (χ4v) is 9.95. The molecular weight excluding hydrogens is 803 g/mol. The average Bonchev–Trinajstić information content (AvgIpc) is 3.73. The van der Waals surface area contributed by atoms with Crippen molar-refractivity contribution in [1.82, 2.24) is 19.5 Å². The highest BCUT2D eigenvalue weighted by Crippen LogP contribution is 2.44. The Kier molecular flexibility index (Phi) is 8.78. The summed E-state index contributed by atoms with van der Waals surface area (Å²) in [4.78, 5) is 17.6. The second kappa shape index (κ2) is 15.4. The molecule has 0 aliphatic carbocycles. The van der Waals surface area contributed by atoms with Crippen LogP contribution < -0.4 is 4.90 Å². The van der Waals surface area contributed by atoms with Crippen molar-refractivity contribution >= 4 is 71.2 Å². The number of para-hydroxylation sites is 3. The van der Waals surface area contributed by atoms with Gasteiger partial charge in [-0.2, -0.15) is 0 Å². The molecule has 13 rings (SSSR count). The van der Waals surface area contributed by atoms with E-state index in [4.69, 9.17) is 15.0 Å². The molecule has 66 heavy (non-hydrogen) atoms. The molecule has 0 amide bonds. The lowest BCUT2D eigenvalue weighted by Crippen LogP contribution is -2.09. The van der Waals surface area contributed by atoms with Gasteiger partial charge < -0.3 is 9.47 Å². The monoisotopic (exact) mass is 841 g/mol. The van der Waals surface area contributed by atoms with E-state index in [2.05, 4.69) is 210 Å². The number of rotatable bonds is 8. The van der Waals surface area contributed by atoms with Gasteiger partial charge in [0.1, 0.15) is 0 Å². The van der Waals surface area contributed by atoms with Gasteiger partial charge in [0, 0.05) is 50.2 Å². The quantitative estimate of drug-likeness (QED) is 0.143. The Morgan fingerprint density at radius 1 is 0.303 bits per heavy atom. The highest BCUT2D eigenvalue weighted by molar-refractivity contribution is 6.27. The number of benzene rings is 11. The van der Waals surface area contributed by atoms with Crippen LogP contribution in [0.1, 0.15) is 0 Å². The summed E-state index contributed by atoms with van der Waals surface area (Å²) in [5.74, 6) is 1.95. The summed E-state index contributed by atoms with van der Waals surface area (Å²) in [6.45, 7) is 0. The standard InChI is InChI=1S/C61H39N5/c1-5-15-43(16-6-1)59-62-60(44-17-7-2-8-18-44)64-61(63-59)53-37-30-42-28-35-51-49(34-27-41-29-36-52(53)58(42)57(41)51)40-25-31-47(32-26-40)65(45-19-9-3-10-20-45)48-33-38-56-54(39-48)50-23-13-14-24-55(50)66(56)46-21-11-4-12-22-46/h1-39H. The van der Waals surface area contributed by atoms with Crippen molar-refractivity contribution in [2.45, 2.75) is 0 Å². The molecule has 0 saturated heterocycles. The zero-order chi connectivity index (χ0) is 43.6. The van der Waals surface area contributed by atoms with Gasteiger partial charge in [-0.15, -0.1) is 0 Å². The lowest BCUT2D eigenvalue weighted by molar-refractivity contribution is 1.08. The summed E-state index contributed by atoms with van der Waals surface area (Å²) < 4.78 is 2.37. The Labute approximate surface area is 381 Å². The van der Waals surface area contributed by atoms with E-state index in [1.165, 1.54) is 54.3 Å². The van der Waals surface area contributed by atoms with Crippen molar-refractivity contribution in [2.75, 3.05) is 4.90 Å². The summed E-state index contributed by atoms with van der Waals surface area (Å²) in [6, 6.07) is 84.1. The summed E-state index contributed by atoms with van der Waals surface area (Å²) in [6.07, 6.45) is 0. The minimum Gasteiger partial charge on any atom is -0.310 e. The van der Waals surface area contributed by atoms with Crippen LogP contribution >= 0.6 is 0 Å². The Morgan fingerprint density at radius 3 is 1.44 bits per heavy atom. The third-order valence-corrected chi connectivity index (χ3v) is 13.0. The zero-order valence-corrected chi connectivity index (χ0v) is 35.8. The van der Waals surface area contributed by atoms with Gasteiger partial charge in [0.15, 0.2) is 17.5 Å². The molecule has 0 unspecified atom stereocenters. The van der Waals surface area contributed by atoms with Crippen LogP contribution in [-0.4, -0.2) is 19.5 Å². The van der Waals surface area contributed by atoms with Gasteiger partial charge in [-0.25, -0.2) is 15.0 Å². The number of aromatic nitrogens is 4. The van der Waals surface area contributed by atoms with Crippen LogP contribution in [0.3, 0.4) is 0 Å². The number of fused-ring (bicyclic) bond motifs is 3. The van der Waals surface area contributed by atoms with Crippen molar-refractivity contribution in [1.29, 1.82) is 0 Å². The molecule has 0 N–H and O–H groups in total. The molecule has 5 heteroatoms. The predicted octanol–water partition coefficient (Wildman–Crippen LogP) is 16.0. The van der Waals surface area contributed by atoms with Crippen LogP contribution in [0.25, 0.3) is 105 Å². The summed E-state index contributed by atoms with van der Waals surface area (Å²) >= 11 is 0. The van der Waals surface area contributed by atoms with E-state index in [1.807, 2.05) is 36.4 Å². The van der Waals surface area contributed by atoms with Crippen molar-refractivity contribution < 1.29 is 0 Å². The third kappa shape index (κ3) is 6.21. The number of hydrogen-bond acceptors (Lipinski definition) is 4. The second-order valence-corrected chi connectivity index (χ2v) is 16.8. The minimum absolute atomic E-state index is 0.651. The SMILES string of the molecule is c1ccc(-c2nc(-c3ccccc3)nc(-c3ccc4ccc5c(-c6ccc(N(c7ccccc7)c7ccc8c(c7)c7ccccc7n8-c7ccccc7)cc6)ccc6ccc3c4c65)n2)cc1. The fraction of sp³-hybridized carbons (Fsp3) is 0. The molecule has 0 fully saturated rings. The van der Waals surface area contributed by atoms with Crippen LogP contribution in [0.5, 0.6) is 0 Å². The van der Waals surface area contributed by atoms with Gasteiger partial charge in [0.05, 0.1) is 11.0 Å². The van der Waals surface area contributed by atoms with Gasteiger partial charge in [0.25, 0.3) is 0 Å². The Bertz CT molecular complexity index is 3850. The zero-order valence-electron chi connectivity index (χ0n) is 35.8. The summed E-state index contributed by atoms with van der Waals surface area (Å²) in [5, 5.41) is 9.60. The summed E-state index contributed by atoms with van der Waals surface area (Å²) in [5.41, 5.74) is 12.0. The molecule has 11 aromatic carbocycles. The first-order chi connectivity index (χ1) is 32.7. The van der Waals surface area contributed by atoms with Gasteiger partial charge in [0.2, 0.25) is 0 Å². The van der Waals surface area contributed by atoms with E-state index in [-0.39, 0.29) is 0 Å². The van der Waals surface area contributed by atoms with Crippen molar-refractivity contribution in [3.05, 3.63) is 237 Å². The highest BCUT2D eigenvalue weighted by Gasteiger charge is 2.20. The molecule has 5 nitrogen and oxygen atoms in total. The first-order valence-electron chi connectivity index (χ1n) is 22.4. The second-order valence-electron chi connectivity index (χ2n) is 16.8. The topological polar surface area (TPSA) is 46.8 Å². The lowest BCUT2D eigenvalue weighted by atomic mass is 9.88. The number of hydrogen-bond donors (Lipinski definition) is 0. The van der Waals surface area contributed by atoms with E-state index in [9.17, 15) is 0 Å². The molecule has 0 bridgehead atoms. The normalized spacial score (nSPS) is 11.6. The minimum atomic E-state index is 0.651. The Balaban J connectivity index is 0.927. The maximum Gasteiger partial charge on any atom is 0.164 e. The molecule has 0 spiro atoms. The van der Waals surface area contributed by atoms with Gasteiger partial charge in [-0.3, -0.25) is 0 Å². The van der Waals surface area contributed by atoms with Crippen molar-refractivity contribution in [2.24, 2.45) is 0 Å². The van der Waals surface area contributed by atoms with Crippen LogP contribution in [0.2, 0.25) is 0 Å². The van der Waals surface area contributed by atoms with Crippen molar-refractivity contribution in [3.63, 3.8) is 0 Å². The Hall–Kier alpha value is -8.93. The fourth-order valence-electron chi connectivity index (χ4n) is 9.95. The molecule has 0 aliphatic heterocycles. The molecule has 0 atom stereocenters. The molecule has 2 heterocycles. The van der Waals surface area contributed by atoms with E-state index in [1.54, 1.807) is 0 Å². The molecule has 0 saturated carbocycles. The lowest BCUT2D eigenvalue weighted by Gasteiger charge is -2.26. The van der Waals surface area contributed by atoms with Crippen molar-refractivity contribution in [3.8, 4) is 51.0 Å².